The summed E-state index contributed by atoms with van der Waals surface area (Å²) in [5.41, 5.74) is 5.50. The Labute approximate surface area is 53.9 Å². The number of hydrogen-bond acceptors (Lipinski definition) is 3. The molecule has 2 N–H and O–H groups in total. The second-order valence-electron chi connectivity index (χ2n) is 2.15. The third kappa shape index (κ3) is 1.85. The van der Waals surface area contributed by atoms with Crippen LogP contribution in [0.1, 0.15) is 12.7 Å². The lowest BCUT2D eigenvalue weighted by molar-refractivity contribution is 0.487. The average molecular weight is 126 g/mol. The molecule has 3 heteroatoms. The van der Waals surface area contributed by atoms with Crippen molar-refractivity contribution in [2.45, 2.75) is 19.4 Å². The Hall–Kier alpha value is -0.830. The van der Waals surface area contributed by atoms with Gasteiger partial charge in [-0.25, -0.2) is 4.98 Å². The molecular formula is C6H10N2O. The molecule has 0 bridgehead atoms. The number of hydrogen-bond donors (Lipinski definition) is 1. The van der Waals surface area contributed by atoms with E-state index in [0.717, 1.165) is 12.2 Å². The highest BCUT2D eigenvalue weighted by Gasteiger charge is 1.98. The number of nitrogens with two attached hydrogens (primary N) is 1. The van der Waals surface area contributed by atoms with E-state index in [1.54, 1.807) is 6.20 Å². The Morgan fingerprint density at radius 3 is 3.11 bits per heavy atom. The highest BCUT2D eigenvalue weighted by atomic mass is 16.3. The molecular weight excluding hydrogens is 116 g/mol. The monoisotopic (exact) mass is 126 g/mol. The van der Waals surface area contributed by atoms with Crippen molar-refractivity contribution >= 4 is 0 Å². The lowest BCUT2D eigenvalue weighted by Gasteiger charge is -1.97. The smallest absolute Gasteiger partial charge is 0.180 e. The van der Waals surface area contributed by atoms with Gasteiger partial charge in [-0.3, -0.25) is 0 Å². The van der Waals surface area contributed by atoms with E-state index in [2.05, 4.69) is 4.98 Å². The summed E-state index contributed by atoms with van der Waals surface area (Å²) >= 11 is 0. The summed E-state index contributed by atoms with van der Waals surface area (Å²) in [6.07, 6.45) is 3.86. The van der Waals surface area contributed by atoms with E-state index in [9.17, 15) is 0 Å². The number of oxazole rings is 1. The molecule has 0 aromatic carbocycles. The molecule has 0 spiro atoms. The Morgan fingerprint density at radius 1 is 1.89 bits per heavy atom. The predicted octanol–water partition coefficient (Wildman–Crippen LogP) is 0.564. The van der Waals surface area contributed by atoms with Gasteiger partial charge in [-0.2, -0.15) is 0 Å². The van der Waals surface area contributed by atoms with Crippen molar-refractivity contribution in [2.75, 3.05) is 0 Å². The average Bonchev–Trinajstić information content (AvgIpc) is 2.15. The summed E-state index contributed by atoms with van der Waals surface area (Å²) < 4.78 is 4.95. The van der Waals surface area contributed by atoms with Gasteiger partial charge in [0.1, 0.15) is 5.76 Å². The van der Waals surface area contributed by atoms with Crippen molar-refractivity contribution in [3.63, 3.8) is 0 Å². The zero-order valence-corrected chi connectivity index (χ0v) is 5.37. The van der Waals surface area contributed by atoms with Gasteiger partial charge in [-0.1, -0.05) is 0 Å². The first kappa shape index (κ1) is 6.29. The quantitative estimate of drug-likeness (QED) is 0.630. The first-order valence-electron chi connectivity index (χ1n) is 2.92. The van der Waals surface area contributed by atoms with Crippen molar-refractivity contribution in [3.05, 3.63) is 18.4 Å². The third-order valence-corrected chi connectivity index (χ3v) is 1.01. The highest BCUT2D eigenvalue weighted by molar-refractivity contribution is 4.90. The molecule has 1 unspecified atom stereocenters. The molecule has 0 saturated carbocycles. The lowest BCUT2D eigenvalue weighted by Crippen LogP contribution is -2.17. The van der Waals surface area contributed by atoms with Gasteiger partial charge in [-0.05, 0) is 6.92 Å². The highest BCUT2D eigenvalue weighted by Crippen LogP contribution is 1.98. The maximum Gasteiger partial charge on any atom is 0.180 e. The van der Waals surface area contributed by atoms with Crippen LogP contribution in [-0.2, 0) is 6.42 Å². The molecule has 1 aromatic heterocycles. The standard InChI is InChI=1S/C6H10N2O/c1-5(7)2-6-3-8-4-9-6/h3-5H,2,7H2,1H3. The van der Waals surface area contributed by atoms with Crippen LogP contribution in [0.5, 0.6) is 0 Å². The fraction of sp³-hybridized carbons (Fsp3) is 0.500. The molecule has 50 valence electrons. The van der Waals surface area contributed by atoms with E-state index in [-0.39, 0.29) is 6.04 Å². The van der Waals surface area contributed by atoms with Crippen LogP contribution in [-0.4, -0.2) is 11.0 Å². The Morgan fingerprint density at radius 2 is 2.67 bits per heavy atom. The zero-order chi connectivity index (χ0) is 6.69. The molecule has 0 aliphatic heterocycles. The van der Waals surface area contributed by atoms with Gasteiger partial charge in [0.25, 0.3) is 0 Å². The van der Waals surface area contributed by atoms with Crippen LogP contribution in [0.4, 0.5) is 0 Å². The molecule has 1 atom stereocenters. The summed E-state index contributed by atoms with van der Waals surface area (Å²) in [5.74, 6) is 0.852. The molecule has 0 fully saturated rings. The lowest BCUT2D eigenvalue weighted by atomic mass is 10.2. The Balaban J connectivity index is 2.48. The van der Waals surface area contributed by atoms with Crippen molar-refractivity contribution in [1.82, 2.24) is 4.98 Å². The summed E-state index contributed by atoms with van der Waals surface area (Å²) in [6, 6.07) is 0.151. The largest absolute Gasteiger partial charge is 0.448 e. The third-order valence-electron chi connectivity index (χ3n) is 1.01. The van der Waals surface area contributed by atoms with Crippen LogP contribution in [0.25, 0.3) is 0 Å². The topological polar surface area (TPSA) is 52.0 Å². The van der Waals surface area contributed by atoms with Gasteiger partial charge >= 0.3 is 0 Å². The fourth-order valence-corrected chi connectivity index (χ4v) is 0.660. The van der Waals surface area contributed by atoms with E-state index >= 15 is 0 Å². The van der Waals surface area contributed by atoms with Crippen LogP contribution in [0, 0.1) is 0 Å². The number of rotatable bonds is 2. The molecule has 0 aliphatic rings. The van der Waals surface area contributed by atoms with E-state index in [4.69, 9.17) is 10.2 Å². The normalized spacial score (nSPS) is 13.6. The van der Waals surface area contributed by atoms with Gasteiger partial charge in [0, 0.05) is 12.5 Å². The van der Waals surface area contributed by atoms with E-state index in [1.165, 1.54) is 6.39 Å². The minimum absolute atomic E-state index is 0.151. The minimum Gasteiger partial charge on any atom is -0.448 e. The van der Waals surface area contributed by atoms with Gasteiger partial charge in [-0.15, -0.1) is 0 Å². The van der Waals surface area contributed by atoms with Crippen molar-refractivity contribution in [3.8, 4) is 0 Å². The maximum atomic E-state index is 5.50. The van der Waals surface area contributed by atoms with Crippen LogP contribution >= 0.6 is 0 Å². The van der Waals surface area contributed by atoms with Crippen LogP contribution in [0.3, 0.4) is 0 Å². The molecule has 0 amide bonds. The molecule has 1 heterocycles. The van der Waals surface area contributed by atoms with Crippen LogP contribution < -0.4 is 5.73 Å². The van der Waals surface area contributed by atoms with Crippen molar-refractivity contribution in [1.29, 1.82) is 0 Å². The molecule has 9 heavy (non-hydrogen) atoms. The van der Waals surface area contributed by atoms with Crippen LogP contribution in [0.15, 0.2) is 17.0 Å². The van der Waals surface area contributed by atoms with E-state index < -0.39 is 0 Å². The van der Waals surface area contributed by atoms with Crippen LogP contribution in [0.2, 0.25) is 0 Å². The molecule has 1 aromatic rings. The zero-order valence-electron chi connectivity index (χ0n) is 5.37. The Kier molecular flexibility index (Phi) is 1.85. The summed E-state index contributed by atoms with van der Waals surface area (Å²) in [5, 5.41) is 0. The molecule has 0 radical (unpaired) electrons. The minimum atomic E-state index is 0.151. The fourth-order valence-electron chi connectivity index (χ4n) is 0.660. The summed E-state index contributed by atoms with van der Waals surface area (Å²) in [6.45, 7) is 1.93. The van der Waals surface area contributed by atoms with Gasteiger partial charge < -0.3 is 10.2 Å². The van der Waals surface area contributed by atoms with Gasteiger partial charge in [0.05, 0.1) is 6.20 Å². The number of aromatic nitrogens is 1. The molecule has 3 nitrogen and oxygen atoms in total. The Bertz CT molecular complexity index is 158. The second-order valence-corrected chi connectivity index (χ2v) is 2.15. The van der Waals surface area contributed by atoms with E-state index in [1.807, 2.05) is 6.92 Å². The van der Waals surface area contributed by atoms with Gasteiger partial charge in [0.15, 0.2) is 6.39 Å². The SMILES string of the molecule is CC(N)Cc1cnco1. The second kappa shape index (κ2) is 2.64. The molecule has 1 rings (SSSR count). The summed E-state index contributed by atoms with van der Waals surface area (Å²) in [4.78, 5) is 3.75. The predicted molar refractivity (Wildman–Crippen MR) is 33.9 cm³/mol. The van der Waals surface area contributed by atoms with E-state index in [0.29, 0.717) is 0 Å². The van der Waals surface area contributed by atoms with Gasteiger partial charge in [0.2, 0.25) is 0 Å². The first-order chi connectivity index (χ1) is 4.29. The molecule has 0 aliphatic carbocycles. The molecule has 0 saturated heterocycles. The van der Waals surface area contributed by atoms with Crippen molar-refractivity contribution in [2.24, 2.45) is 5.73 Å². The summed E-state index contributed by atoms with van der Waals surface area (Å²) in [7, 11) is 0. The van der Waals surface area contributed by atoms with Crippen molar-refractivity contribution < 1.29 is 4.42 Å². The maximum absolute atomic E-state index is 5.50. The first-order valence-corrected chi connectivity index (χ1v) is 2.92. The number of nitrogens with zero attached hydrogens (tertiary/aromatic N) is 1.